The fourth-order valence-corrected chi connectivity index (χ4v) is 1.24. The molecule has 2 N–H and O–H groups in total. The van der Waals surface area contributed by atoms with Crippen molar-refractivity contribution in [3.8, 4) is 0 Å². The fraction of sp³-hybridized carbons (Fsp3) is 0.500. The van der Waals surface area contributed by atoms with E-state index in [1.54, 1.807) is 18.6 Å². The highest BCUT2D eigenvalue weighted by Crippen LogP contribution is 2.02. The van der Waals surface area contributed by atoms with Crippen molar-refractivity contribution in [3.63, 3.8) is 0 Å². The minimum Gasteiger partial charge on any atom is -0.480 e. The highest BCUT2D eigenvalue weighted by molar-refractivity contribution is 5.73. The molecule has 0 saturated heterocycles. The van der Waals surface area contributed by atoms with E-state index in [4.69, 9.17) is 5.11 Å². The molecule has 0 fully saturated rings. The molecule has 0 aliphatic heterocycles. The van der Waals surface area contributed by atoms with Crippen molar-refractivity contribution in [2.75, 3.05) is 0 Å². The van der Waals surface area contributed by atoms with Crippen molar-refractivity contribution in [3.05, 3.63) is 24.3 Å². The van der Waals surface area contributed by atoms with Crippen LogP contribution in [0.15, 0.2) is 18.6 Å². The minimum atomic E-state index is -0.839. The molecule has 1 aromatic heterocycles. The van der Waals surface area contributed by atoms with E-state index in [0.29, 0.717) is 6.54 Å². The molecule has 0 spiro atoms. The van der Waals surface area contributed by atoms with Crippen molar-refractivity contribution in [1.29, 1.82) is 0 Å². The molecular weight excluding hydrogens is 194 g/mol. The zero-order valence-corrected chi connectivity index (χ0v) is 8.84. The lowest BCUT2D eigenvalue weighted by Crippen LogP contribution is -2.40. The van der Waals surface area contributed by atoms with Gasteiger partial charge < -0.3 is 5.11 Å². The van der Waals surface area contributed by atoms with Gasteiger partial charge in [0.15, 0.2) is 0 Å². The Hall–Kier alpha value is -1.49. The molecule has 1 unspecified atom stereocenters. The summed E-state index contributed by atoms with van der Waals surface area (Å²) in [5, 5.41) is 11.9. The summed E-state index contributed by atoms with van der Waals surface area (Å²) in [6.07, 6.45) is 4.79. The Kier molecular flexibility index (Phi) is 4.17. The first kappa shape index (κ1) is 11.6. The smallest absolute Gasteiger partial charge is 0.320 e. The molecule has 0 radical (unpaired) electrons. The molecule has 0 aliphatic rings. The van der Waals surface area contributed by atoms with Crippen molar-refractivity contribution >= 4 is 5.97 Å². The fourth-order valence-electron chi connectivity index (χ4n) is 1.24. The summed E-state index contributed by atoms with van der Waals surface area (Å²) < 4.78 is 0. The van der Waals surface area contributed by atoms with Gasteiger partial charge in [0.25, 0.3) is 0 Å². The van der Waals surface area contributed by atoms with Crippen LogP contribution in [0.5, 0.6) is 0 Å². The van der Waals surface area contributed by atoms with E-state index in [-0.39, 0.29) is 5.92 Å². The zero-order valence-electron chi connectivity index (χ0n) is 8.84. The summed E-state index contributed by atoms with van der Waals surface area (Å²) in [6, 6.07) is -0.549. The first-order valence-corrected chi connectivity index (χ1v) is 4.82. The second-order valence-corrected chi connectivity index (χ2v) is 3.64. The van der Waals surface area contributed by atoms with Crippen molar-refractivity contribution in [1.82, 2.24) is 15.3 Å². The Morgan fingerprint density at radius 2 is 2.27 bits per heavy atom. The van der Waals surface area contributed by atoms with Gasteiger partial charge in [-0.3, -0.25) is 20.1 Å². The molecule has 0 aromatic carbocycles. The molecule has 0 bridgehead atoms. The first-order valence-electron chi connectivity index (χ1n) is 4.82. The van der Waals surface area contributed by atoms with Crippen molar-refractivity contribution in [2.45, 2.75) is 26.4 Å². The van der Waals surface area contributed by atoms with Crippen LogP contribution >= 0.6 is 0 Å². The number of carbonyl (C=O) groups is 1. The Balaban J connectivity index is 2.51. The number of aromatic nitrogens is 2. The van der Waals surface area contributed by atoms with Gasteiger partial charge in [0, 0.05) is 25.1 Å². The van der Waals surface area contributed by atoms with Gasteiger partial charge in [-0.2, -0.15) is 0 Å². The summed E-state index contributed by atoms with van der Waals surface area (Å²) in [6.45, 7) is 4.15. The van der Waals surface area contributed by atoms with Crippen molar-refractivity contribution < 1.29 is 9.90 Å². The molecule has 82 valence electrons. The number of carboxylic acid groups (broad SMARTS) is 1. The molecule has 1 rings (SSSR count). The molecule has 5 nitrogen and oxygen atoms in total. The molecule has 0 aliphatic carbocycles. The van der Waals surface area contributed by atoms with Crippen LogP contribution in [-0.2, 0) is 11.3 Å². The summed E-state index contributed by atoms with van der Waals surface area (Å²) >= 11 is 0. The van der Waals surface area contributed by atoms with E-state index in [2.05, 4.69) is 15.3 Å². The van der Waals surface area contributed by atoms with Crippen LogP contribution in [0.1, 0.15) is 19.5 Å². The molecule has 1 aromatic rings. The first-order chi connectivity index (χ1) is 7.11. The summed E-state index contributed by atoms with van der Waals surface area (Å²) in [5.74, 6) is -0.798. The maximum absolute atomic E-state index is 10.9. The molecule has 0 amide bonds. The largest absolute Gasteiger partial charge is 0.480 e. The SMILES string of the molecule is CC(C)C(NCc1cnccn1)C(=O)O. The van der Waals surface area contributed by atoms with Gasteiger partial charge >= 0.3 is 5.97 Å². The van der Waals surface area contributed by atoms with Crippen LogP contribution in [0.25, 0.3) is 0 Å². The predicted octanol–water partition coefficient (Wildman–Crippen LogP) is 0.675. The van der Waals surface area contributed by atoms with E-state index < -0.39 is 12.0 Å². The van der Waals surface area contributed by atoms with Crippen molar-refractivity contribution in [2.24, 2.45) is 5.92 Å². The second kappa shape index (κ2) is 5.41. The minimum absolute atomic E-state index is 0.0409. The van der Waals surface area contributed by atoms with E-state index >= 15 is 0 Å². The molecule has 1 atom stereocenters. The highest BCUT2D eigenvalue weighted by atomic mass is 16.4. The maximum atomic E-state index is 10.9. The quantitative estimate of drug-likeness (QED) is 0.745. The summed E-state index contributed by atoms with van der Waals surface area (Å²) in [7, 11) is 0. The number of hydrogen-bond donors (Lipinski definition) is 2. The molecular formula is C10H15N3O2. The Bertz CT molecular complexity index is 314. The highest BCUT2D eigenvalue weighted by Gasteiger charge is 2.20. The van der Waals surface area contributed by atoms with E-state index in [1.165, 1.54) is 0 Å². The van der Waals surface area contributed by atoms with Gasteiger partial charge in [-0.25, -0.2) is 0 Å². The Morgan fingerprint density at radius 1 is 1.53 bits per heavy atom. The topological polar surface area (TPSA) is 75.1 Å². The number of carboxylic acids is 1. The average Bonchev–Trinajstić information content (AvgIpc) is 2.18. The average molecular weight is 209 g/mol. The maximum Gasteiger partial charge on any atom is 0.320 e. The van der Waals surface area contributed by atoms with Gasteiger partial charge in [0.1, 0.15) is 6.04 Å². The van der Waals surface area contributed by atoms with E-state index in [9.17, 15) is 4.79 Å². The van der Waals surface area contributed by atoms with Crippen LogP contribution in [-0.4, -0.2) is 27.1 Å². The monoisotopic (exact) mass is 209 g/mol. The van der Waals surface area contributed by atoms with E-state index in [1.807, 2.05) is 13.8 Å². The molecule has 0 saturated carbocycles. The number of rotatable bonds is 5. The Morgan fingerprint density at radius 3 is 2.73 bits per heavy atom. The lowest BCUT2D eigenvalue weighted by atomic mass is 10.0. The zero-order chi connectivity index (χ0) is 11.3. The molecule has 1 heterocycles. The lowest BCUT2D eigenvalue weighted by molar-refractivity contribution is -0.140. The van der Waals surface area contributed by atoms with Crippen LogP contribution in [0.2, 0.25) is 0 Å². The summed E-state index contributed by atoms with van der Waals surface area (Å²) in [4.78, 5) is 18.8. The van der Waals surface area contributed by atoms with Crippen LogP contribution < -0.4 is 5.32 Å². The normalized spacial score (nSPS) is 12.7. The van der Waals surface area contributed by atoms with Gasteiger partial charge in [-0.1, -0.05) is 13.8 Å². The third-order valence-corrected chi connectivity index (χ3v) is 2.05. The van der Waals surface area contributed by atoms with Crippen LogP contribution in [0.3, 0.4) is 0 Å². The van der Waals surface area contributed by atoms with Gasteiger partial charge in [-0.15, -0.1) is 0 Å². The number of hydrogen-bond acceptors (Lipinski definition) is 4. The van der Waals surface area contributed by atoms with Gasteiger partial charge in [0.05, 0.1) is 5.69 Å². The van der Waals surface area contributed by atoms with Crippen LogP contribution in [0.4, 0.5) is 0 Å². The third kappa shape index (κ3) is 3.63. The number of nitrogens with one attached hydrogen (secondary N) is 1. The summed E-state index contributed by atoms with van der Waals surface area (Å²) in [5.41, 5.74) is 0.740. The second-order valence-electron chi connectivity index (χ2n) is 3.64. The van der Waals surface area contributed by atoms with E-state index in [0.717, 1.165) is 5.69 Å². The molecule has 15 heavy (non-hydrogen) atoms. The number of nitrogens with zero attached hydrogens (tertiary/aromatic N) is 2. The van der Waals surface area contributed by atoms with Gasteiger partial charge in [-0.05, 0) is 5.92 Å². The lowest BCUT2D eigenvalue weighted by Gasteiger charge is -2.17. The van der Waals surface area contributed by atoms with Crippen LogP contribution in [0, 0.1) is 5.92 Å². The predicted molar refractivity (Wildman–Crippen MR) is 55.1 cm³/mol. The third-order valence-electron chi connectivity index (χ3n) is 2.05. The molecule has 5 heteroatoms. The van der Waals surface area contributed by atoms with Gasteiger partial charge in [0.2, 0.25) is 0 Å². The number of aliphatic carboxylic acids is 1. The Labute approximate surface area is 88.6 Å². The standard InChI is InChI=1S/C10H15N3O2/c1-7(2)9(10(14)15)13-6-8-5-11-3-4-12-8/h3-5,7,9,13H,6H2,1-2H3,(H,14,15).